The van der Waals surface area contributed by atoms with E-state index in [-0.39, 0.29) is 0 Å². The van der Waals surface area contributed by atoms with Gasteiger partial charge in [0, 0.05) is 35.9 Å². The molecular formula is C13H20N2OS. The van der Waals surface area contributed by atoms with Gasteiger partial charge in [0.05, 0.1) is 6.10 Å². The first-order valence-corrected chi connectivity index (χ1v) is 7.26. The molecular weight excluding hydrogens is 232 g/mol. The number of aliphatic hydroxyl groups is 1. The Morgan fingerprint density at radius 1 is 1.65 bits per heavy atom. The largest absolute Gasteiger partial charge is 0.389 e. The Balaban J connectivity index is 2.21. The van der Waals surface area contributed by atoms with Gasteiger partial charge in [0.1, 0.15) is 5.82 Å². The monoisotopic (exact) mass is 252 g/mol. The first kappa shape index (κ1) is 12.7. The lowest BCUT2D eigenvalue weighted by molar-refractivity contribution is 0.199. The van der Waals surface area contributed by atoms with Crippen LogP contribution in [0.4, 0.5) is 5.82 Å². The summed E-state index contributed by atoms with van der Waals surface area (Å²) in [7, 11) is 0. The Kier molecular flexibility index (Phi) is 4.29. The zero-order chi connectivity index (χ0) is 12.3. The van der Waals surface area contributed by atoms with Gasteiger partial charge in [-0.3, -0.25) is 0 Å². The normalized spacial score (nSPS) is 22.5. The van der Waals surface area contributed by atoms with Crippen molar-refractivity contribution >= 4 is 17.6 Å². The highest BCUT2D eigenvalue weighted by atomic mass is 32.2. The molecule has 1 saturated heterocycles. The van der Waals surface area contributed by atoms with Crippen molar-refractivity contribution in [1.29, 1.82) is 0 Å². The van der Waals surface area contributed by atoms with Gasteiger partial charge in [-0.25, -0.2) is 4.98 Å². The summed E-state index contributed by atoms with van der Waals surface area (Å²) in [6.45, 7) is 6.10. The maximum atomic E-state index is 9.79. The second-order valence-electron chi connectivity index (χ2n) is 4.44. The molecule has 0 spiro atoms. The maximum absolute atomic E-state index is 9.79. The van der Waals surface area contributed by atoms with E-state index in [2.05, 4.69) is 16.8 Å². The first-order valence-electron chi connectivity index (χ1n) is 6.22. The number of hydrogen-bond donors (Lipinski definition) is 1. The van der Waals surface area contributed by atoms with Crippen LogP contribution in [-0.2, 0) is 0 Å². The van der Waals surface area contributed by atoms with Crippen LogP contribution < -0.4 is 4.90 Å². The smallest absolute Gasteiger partial charge is 0.134 e. The summed E-state index contributed by atoms with van der Waals surface area (Å²) in [5.41, 5.74) is 0.939. The number of aliphatic hydroxyl groups excluding tert-OH is 1. The molecule has 4 heteroatoms. The highest BCUT2D eigenvalue weighted by molar-refractivity contribution is 8.00. The minimum atomic E-state index is -0.451. The Morgan fingerprint density at radius 3 is 3.18 bits per heavy atom. The molecule has 2 atom stereocenters. The van der Waals surface area contributed by atoms with Crippen LogP contribution in [0.3, 0.4) is 0 Å². The molecule has 3 nitrogen and oxygen atoms in total. The van der Waals surface area contributed by atoms with E-state index < -0.39 is 6.10 Å². The van der Waals surface area contributed by atoms with Gasteiger partial charge in [-0.1, -0.05) is 13.0 Å². The topological polar surface area (TPSA) is 36.4 Å². The van der Waals surface area contributed by atoms with Crippen LogP contribution >= 0.6 is 11.8 Å². The summed E-state index contributed by atoms with van der Waals surface area (Å²) in [4.78, 5) is 6.76. The van der Waals surface area contributed by atoms with E-state index in [0.29, 0.717) is 5.25 Å². The summed E-state index contributed by atoms with van der Waals surface area (Å²) < 4.78 is 0. The van der Waals surface area contributed by atoms with Gasteiger partial charge >= 0.3 is 0 Å². The van der Waals surface area contributed by atoms with Crippen LogP contribution in [0.5, 0.6) is 0 Å². The lowest BCUT2D eigenvalue weighted by Crippen LogP contribution is -2.38. The number of hydrogen-bond acceptors (Lipinski definition) is 4. The van der Waals surface area contributed by atoms with Crippen molar-refractivity contribution < 1.29 is 5.11 Å². The van der Waals surface area contributed by atoms with Gasteiger partial charge in [-0.15, -0.1) is 0 Å². The number of pyridine rings is 1. The van der Waals surface area contributed by atoms with E-state index in [0.717, 1.165) is 30.2 Å². The SMILES string of the molecule is CCC1CN(c2ncccc2[C@H](C)O)CCS1. The molecule has 1 fully saturated rings. The van der Waals surface area contributed by atoms with Crippen LogP contribution in [0.25, 0.3) is 0 Å². The quantitative estimate of drug-likeness (QED) is 0.896. The molecule has 1 aromatic heterocycles. The van der Waals surface area contributed by atoms with E-state index in [1.807, 2.05) is 30.1 Å². The van der Waals surface area contributed by atoms with Gasteiger partial charge in [0.15, 0.2) is 0 Å². The summed E-state index contributed by atoms with van der Waals surface area (Å²) in [6, 6.07) is 3.86. The Bertz CT molecular complexity index is 370. The average Bonchev–Trinajstić information content (AvgIpc) is 2.39. The lowest BCUT2D eigenvalue weighted by atomic mass is 10.1. The van der Waals surface area contributed by atoms with E-state index in [1.54, 1.807) is 6.92 Å². The second kappa shape index (κ2) is 5.74. The van der Waals surface area contributed by atoms with Crippen molar-refractivity contribution in [2.45, 2.75) is 31.6 Å². The minimum absolute atomic E-state index is 0.451. The van der Waals surface area contributed by atoms with Crippen molar-refractivity contribution in [3.05, 3.63) is 23.9 Å². The van der Waals surface area contributed by atoms with Crippen LogP contribution in [0, 0.1) is 0 Å². The minimum Gasteiger partial charge on any atom is -0.389 e. The predicted octanol–water partition coefficient (Wildman–Crippen LogP) is 2.47. The van der Waals surface area contributed by atoms with Gasteiger partial charge in [-0.05, 0) is 19.4 Å². The molecule has 17 heavy (non-hydrogen) atoms. The summed E-state index contributed by atoms with van der Waals surface area (Å²) in [5.74, 6) is 2.11. The van der Waals surface area contributed by atoms with Crippen molar-refractivity contribution in [2.24, 2.45) is 0 Å². The fourth-order valence-corrected chi connectivity index (χ4v) is 3.34. The summed E-state index contributed by atoms with van der Waals surface area (Å²) >= 11 is 2.04. The predicted molar refractivity (Wildman–Crippen MR) is 73.6 cm³/mol. The van der Waals surface area contributed by atoms with Crippen LogP contribution in [0.15, 0.2) is 18.3 Å². The third-order valence-corrected chi connectivity index (χ3v) is 4.53. The fraction of sp³-hybridized carbons (Fsp3) is 0.615. The van der Waals surface area contributed by atoms with E-state index in [4.69, 9.17) is 0 Å². The molecule has 1 aliphatic heterocycles. The highest BCUT2D eigenvalue weighted by Crippen LogP contribution is 2.29. The van der Waals surface area contributed by atoms with Gasteiger partial charge in [0.25, 0.3) is 0 Å². The number of aromatic nitrogens is 1. The van der Waals surface area contributed by atoms with Gasteiger partial charge < -0.3 is 10.0 Å². The molecule has 1 N–H and O–H groups in total. The number of rotatable bonds is 3. The Hall–Kier alpha value is -0.740. The molecule has 0 saturated carbocycles. The molecule has 0 aromatic carbocycles. The van der Waals surface area contributed by atoms with E-state index in [9.17, 15) is 5.11 Å². The van der Waals surface area contributed by atoms with Crippen LogP contribution in [0.1, 0.15) is 31.9 Å². The van der Waals surface area contributed by atoms with Gasteiger partial charge in [-0.2, -0.15) is 11.8 Å². The number of thioether (sulfide) groups is 1. The van der Waals surface area contributed by atoms with Crippen molar-refractivity contribution in [1.82, 2.24) is 4.98 Å². The molecule has 2 heterocycles. The first-order chi connectivity index (χ1) is 8.22. The Labute approximate surface area is 107 Å². The molecule has 0 aliphatic carbocycles. The third kappa shape index (κ3) is 2.93. The fourth-order valence-electron chi connectivity index (χ4n) is 2.16. The molecule has 1 aromatic rings. The third-order valence-electron chi connectivity index (χ3n) is 3.16. The lowest BCUT2D eigenvalue weighted by Gasteiger charge is -2.34. The molecule has 0 amide bonds. The molecule has 0 radical (unpaired) electrons. The number of anilines is 1. The standard InChI is InChI=1S/C13H20N2OS/c1-3-11-9-15(7-8-17-11)13-12(10(2)16)5-4-6-14-13/h4-6,10-11,16H,3,7-9H2,1-2H3/t10-,11?/m0/s1. The Morgan fingerprint density at radius 2 is 2.47 bits per heavy atom. The second-order valence-corrected chi connectivity index (χ2v) is 5.85. The van der Waals surface area contributed by atoms with E-state index in [1.165, 1.54) is 6.42 Å². The zero-order valence-corrected chi connectivity index (χ0v) is 11.3. The zero-order valence-electron chi connectivity index (χ0n) is 10.5. The van der Waals surface area contributed by atoms with Crippen LogP contribution in [-0.4, -0.2) is 34.2 Å². The molecule has 94 valence electrons. The van der Waals surface area contributed by atoms with E-state index >= 15 is 0 Å². The van der Waals surface area contributed by atoms with Crippen molar-refractivity contribution in [3.63, 3.8) is 0 Å². The average molecular weight is 252 g/mol. The molecule has 2 rings (SSSR count). The van der Waals surface area contributed by atoms with Crippen LogP contribution in [0.2, 0.25) is 0 Å². The highest BCUT2D eigenvalue weighted by Gasteiger charge is 2.22. The molecule has 1 unspecified atom stereocenters. The van der Waals surface area contributed by atoms with Gasteiger partial charge in [0.2, 0.25) is 0 Å². The molecule has 0 bridgehead atoms. The summed E-state index contributed by atoms with van der Waals surface area (Å²) in [5, 5.41) is 10.5. The van der Waals surface area contributed by atoms with Crippen molar-refractivity contribution in [2.75, 3.05) is 23.7 Å². The maximum Gasteiger partial charge on any atom is 0.134 e. The summed E-state index contributed by atoms with van der Waals surface area (Å²) in [6.07, 6.45) is 2.55. The number of nitrogens with zero attached hydrogens (tertiary/aromatic N) is 2. The molecule has 1 aliphatic rings. The van der Waals surface area contributed by atoms with Crippen molar-refractivity contribution in [3.8, 4) is 0 Å².